The molecule has 0 amide bonds. The molecule has 2 aliphatic carbocycles. The second kappa shape index (κ2) is 9.34. The Labute approximate surface area is 157 Å². The fraction of sp³-hybridized carbons (Fsp3) is 0.652. The van der Waals surface area contributed by atoms with Gasteiger partial charge in [0.2, 0.25) is 0 Å². The van der Waals surface area contributed by atoms with Crippen LogP contribution in [-0.2, 0) is 27.4 Å². The monoisotopic (exact) mass is 356 g/mol. The van der Waals surface area contributed by atoms with E-state index in [9.17, 15) is 9.59 Å². The lowest BCUT2D eigenvalue weighted by atomic mass is 9.77. The maximum Gasteiger partial charge on any atom is 0.306 e. The smallest absolute Gasteiger partial charge is 0.306 e. The van der Waals surface area contributed by atoms with Crippen molar-refractivity contribution in [1.82, 2.24) is 0 Å². The third-order valence-corrected chi connectivity index (χ3v) is 6.14. The lowest BCUT2D eigenvalue weighted by molar-refractivity contribution is -0.145. The molecule has 0 spiro atoms. The van der Waals surface area contributed by atoms with Crippen LogP contribution in [0.5, 0.6) is 0 Å². The van der Waals surface area contributed by atoms with Crippen molar-refractivity contribution in [1.29, 1.82) is 0 Å². The summed E-state index contributed by atoms with van der Waals surface area (Å²) in [6, 6.07) is 8.35. The summed E-state index contributed by atoms with van der Waals surface area (Å²) in [6.45, 7) is 2.54. The van der Waals surface area contributed by atoms with Crippen molar-refractivity contribution in [3.63, 3.8) is 0 Å². The van der Waals surface area contributed by atoms with Crippen LogP contribution in [0.3, 0.4) is 0 Å². The van der Waals surface area contributed by atoms with Gasteiger partial charge in [-0.25, -0.2) is 0 Å². The fourth-order valence-electron chi connectivity index (χ4n) is 4.57. The number of fused-ring (bicyclic) bond motifs is 2. The summed E-state index contributed by atoms with van der Waals surface area (Å²) in [5.74, 6) is 1.60. The van der Waals surface area contributed by atoms with Gasteiger partial charge in [0.25, 0.3) is 0 Å². The quantitative estimate of drug-likeness (QED) is 0.568. The normalized spacial score (nSPS) is 24.7. The van der Waals surface area contributed by atoms with Crippen LogP contribution in [-0.4, -0.2) is 11.8 Å². The summed E-state index contributed by atoms with van der Waals surface area (Å²) in [5, 5.41) is 0. The van der Waals surface area contributed by atoms with E-state index < -0.39 is 0 Å². The number of hydrogen-bond donors (Lipinski definition) is 0. The zero-order valence-corrected chi connectivity index (χ0v) is 16.0. The van der Waals surface area contributed by atoms with Crippen LogP contribution in [0, 0.1) is 17.8 Å². The average Bonchev–Trinajstić information content (AvgIpc) is 3.07. The maximum atomic E-state index is 12.3. The number of ether oxygens (including phenoxy) is 1. The number of unbranched alkanes of at least 4 members (excludes halogenated alkanes) is 1. The zero-order valence-electron chi connectivity index (χ0n) is 16.0. The molecule has 2 fully saturated rings. The van der Waals surface area contributed by atoms with Gasteiger partial charge in [0.1, 0.15) is 12.4 Å². The van der Waals surface area contributed by atoms with E-state index in [0.29, 0.717) is 24.7 Å². The van der Waals surface area contributed by atoms with Crippen molar-refractivity contribution >= 4 is 11.8 Å². The molecule has 0 heterocycles. The van der Waals surface area contributed by atoms with E-state index in [0.717, 1.165) is 50.0 Å². The molecule has 0 saturated heterocycles. The highest BCUT2D eigenvalue weighted by atomic mass is 16.5. The van der Waals surface area contributed by atoms with Gasteiger partial charge >= 0.3 is 5.97 Å². The summed E-state index contributed by atoms with van der Waals surface area (Å²) in [4.78, 5) is 24.3. The van der Waals surface area contributed by atoms with Gasteiger partial charge in [-0.3, -0.25) is 9.59 Å². The first-order chi connectivity index (χ1) is 12.7. The first kappa shape index (κ1) is 19.1. The molecule has 142 valence electrons. The number of hydrogen-bond acceptors (Lipinski definition) is 3. The minimum atomic E-state index is -0.147. The van der Waals surface area contributed by atoms with Crippen LogP contribution in [0.1, 0.15) is 75.8 Å². The molecule has 3 unspecified atom stereocenters. The molecule has 2 saturated carbocycles. The van der Waals surface area contributed by atoms with E-state index in [4.69, 9.17) is 4.74 Å². The zero-order chi connectivity index (χ0) is 18.4. The molecular weight excluding hydrogens is 324 g/mol. The van der Waals surface area contributed by atoms with Crippen molar-refractivity contribution < 1.29 is 14.3 Å². The largest absolute Gasteiger partial charge is 0.461 e. The molecule has 0 aliphatic heterocycles. The third kappa shape index (κ3) is 5.18. The van der Waals surface area contributed by atoms with E-state index in [-0.39, 0.29) is 11.9 Å². The molecule has 1 aromatic carbocycles. The lowest BCUT2D eigenvalue weighted by Crippen LogP contribution is -2.27. The van der Waals surface area contributed by atoms with Crippen LogP contribution in [0.2, 0.25) is 0 Å². The SMILES string of the molecule is CCCCc1ccc(COC(=O)CCCC2CC3CCC(C3)C2=O)cc1. The molecule has 3 rings (SSSR count). The molecular formula is C23H32O3. The van der Waals surface area contributed by atoms with Crippen molar-refractivity contribution in [3.05, 3.63) is 35.4 Å². The Balaban J connectivity index is 1.33. The molecule has 3 nitrogen and oxygen atoms in total. The Bertz CT molecular complexity index is 604. The van der Waals surface area contributed by atoms with Crippen LogP contribution < -0.4 is 0 Å². The number of benzene rings is 1. The predicted molar refractivity (Wildman–Crippen MR) is 103 cm³/mol. The van der Waals surface area contributed by atoms with Gasteiger partial charge in [0.15, 0.2) is 0 Å². The highest BCUT2D eigenvalue weighted by Crippen LogP contribution is 2.43. The van der Waals surface area contributed by atoms with Gasteiger partial charge in [0, 0.05) is 18.3 Å². The molecule has 3 heteroatoms. The number of ketones is 1. The van der Waals surface area contributed by atoms with Gasteiger partial charge in [-0.05, 0) is 68.4 Å². The summed E-state index contributed by atoms with van der Waals surface area (Å²) < 4.78 is 5.40. The average molecular weight is 357 g/mol. The van der Waals surface area contributed by atoms with Crippen LogP contribution in [0.15, 0.2) is 24.3 Å². The highest BCUT2D eigenvalue weighted by molar-refractivity contribution is 5.84. The molecule has 2 bridgehead atoms. The van der Waals surface area contributed by atoms with E-state index in [1.54, 1.807) is 0 Å². The first-order valence-electron chi connectivity index (χ1n) is 10.4. The van der Waals surface area contributed by atoms with E-state index in [2.05, 4.69) is 31.2 Å². The predicted octanol–water partition coefficient (Wildman–Crippen LogP) is 5.25. The van der Waals surface area contributed by atoms with Gasteiger partial charge in [-0.2, -0.15) is 0 Å². The highest BCUT2D eigenvalue weighted by Gasteiger charge is 2.40. The molecule has 0 radical (unpaired) electrons. The Morgan fingerprint density at radius 2 is 1.85 bits per heavy atom. The molecule has 26 heavy (non-hydrogen) atoms. The summed E-state index contributed by atoms with van der Waals surface area (Å²) in [6.07, 6.45) is 10.1. The lowest BCUT2D eigenvalue weighted by Gasteiger charge is -2.26. The second-order valence-corrected chi connectivity index (χ2v) is 8.18. The number of rotatable bonds is 9. The van der Waals surface area contributed by atoms with E-state index >= 15 is 0 Å². The van der Waals surface area contributed by atoms with Crippen LogP contribution in [0.25, 0.3) is 0 Å². The maximum absolute atomic E-state index is 12.3. The van der Waals surface area contributed by atoms with Gasteiger partial charge in [-0.1, -0.05) is 37.6 Å². The van der Waals surface area contributed by atoms with Crippen molar-refractivity contribution in [2.45, 2.75) is 77.7 Å². The molecule has 0 aromatic heterocycles. The standard InChI is InChI=1S/C23H32O3/c1-2-3-5-17-8-10-18(11-9-17)16-26-22(24)7-4-6-20-14-19-12-13-21(15-19)23(20)25/h8-11,19-21H,2-7,12-16H2,1H3. The Hall–Kier alpha value is -1.64. The molecule has 3 atom stereocenters. The van der Waals surface area contributed by atoms with Crippen molar-refractivity contribution in [3.8, 4) is 0 Å². The Morgan fingerprint density at radius 3 is 2.62 bits per heavy atom. The number of carbonyl (C=O) groups excluding carboxylic acids is 2. The van der Waals surface area contributed by atoms with Crippen LogP contribution >= 0.6 is 0 Å². The summed E-state index contributed by atoms with van der Waals surface area (Å²) >= 11 is 0. The Kier molecular flexibility index (Phi) is 6.87. The minimum Gasteiger partial charge on any atom is -0.461 e. The molecule has 2 aliphatic rings. The topological polar surface area (TPSA) is 43.4 Å². The van der Waals surface area contributed by atoms with E-state index in [1.807, 2.05) is 0 Å². The summed E-state index contributed by atoms with van der Waals surface area (Å²) in [7, 11) is 0. The fourth-order valence-corrected chi connectivity index (χ4v) is 4.57. The van der Waals surface area contributed by atoms with Gasteiger partial charge < -0.3 is 4.74 Å². The van der Waals surface area contributed by atoms with Crippen LogP contribution in [0.4, 0.5) is 0 Å². The number of Topliss-reactive ketones (excluding diaryl/α,β-unsaturated/α-hetero) is 1. The first-order valence-corrected chi connectivity index (χ1v) is 10.4. The van der Waals surface area contributed by atoms with Crippen molar-refractivity contribution in [2.24, 2.45) is 17.8 Å². The van der Waals surface area contributed by atoms with Gasteiger partial charge in [-0.15, -0.1) is 0 Å². The second-order valence-electron chi connectivity index (χ2n) is 8.18. The van der Waals surface area contributed by atoms with Crippen molar-refractivity contribution in [2.75, 3.05) is 0 Å². The minimum absolute atomic E-state index is 0.147. The number of aryl methyl sites for hydroxylation is 1. The third-order valence-electron chi connectivity index (χ3n) is 6.14. The van der Waals surface area contributed by atoms with Gasteiger partial charge in [0.05, 0.1) is 0 Å². The van der Waals surface area contributed by atoms with E-state index in [1.165, 1.54) is 24.8 Å². The number of carbonyl (C=O) groups is 2. The molecule has 1 aromatic rings. The summed E-state index contributed by atoms with van der Waals surface area (Å²) in [5.41, 5.74) is 2.38. The number of esters is 1. The molecule has 0 N–H and O–H groups in total. The Morgan fingerprint density at radius 1 is 1.08 bits per heavy atom.